The standard InChI is InChI=1S/C26H25ClN2O2/c1-3-17-5-4-6-19(13-17)14-23-26(31)29(2)24-12-11-21(27)15-22(24)25(28-23)20-9-7-18(16-30)8-10-20/h4-13,15,23,30H,3,14,16H2,1-2H3. The number of aliphatic hydroxyl groups is 1. The molecule has 0 saturated heterocycles. The van der Waals surface area contributed by atoms with Crippen molar-refractivity contribution in [2.24, 2.45) is 4.99 Å². The molecule has 1 aliphatic rings. The summed E-state index contributed by atoms with van der Waals surface area (Å²) < 4.78 is 0. The van der Waals surface area contributed by atoms with Gasteiger partial charge in [0.1, 0.15) is 6.04 Å². The summed E-state index contributed by atoms with van der Waals surface area (Å²) in [6, 6.07) is 20.9. The maximum atomic E-state index is 13.4. The fourth-order valence-electron chi connectivity index (χ4n) is 3.94. The number of fused-ring (bicyclic) bond motifs is 1. The molecule has 0 aliphatic carbocycles. The largest absolute Gasteiger partial charge is 0.392 e. The minimum atomic E-state index is -0.546. The molecule has 1 unspecified atom stereocenters. The number of carbonyl (C=O) groups excluding carboxylic acids is 1. The van der Waals surface area contributed by atoms with Crippen LogP contribution in [0, 0.1) is 0 Å². The third-order valence-electron chi connectivity index (χ3n) is 5.71. The summed E-state index contributed by atoms with van der Waals surface area (Å²) >= 11 is 6.32. The summed E-state index contributed by atoms with van der Waals surface area (Å²) in [6.07, 6.45) is 1.47. The lowest BCUT2D eigenvalue weighted by Crippen LogP contribution is -2.36. The fourth-order valence-corrected chi connectivity index (χ4v) is 4.12. The Kier molecular flexibility index (Phi) is 6.21. The highest BCUT2D eigenvalue weighted by Crippen LogP contribution is 2.31. The monoisotopic (exact) mass is 432 g/mol. The molecular formula is C26H25ClN2O2. The van der Waals surface area contributed by atoms with Crippen molar-refractivity contribution in [3.05, 3.63) is 99.6 Å². The van der Waals surface area contributed by atoms with Gasteiger partial charge < -0.3 is 10.0 Å². The number of aryl methyl sites for hydroxylation is 1. The van der Waals surface area contributed by atoms with Crippen molar-refractivity contribution in [2.75, 3.05) is 11.9 Å². The molecule has 1 amide bonds. The molecule has 4 rings (SSSR count). The van der Waals surface area contributed by atoms with Crippen LogP contribution in [0.1, 0.15) is 34.7 Å². The minimum absolute atomic E-state index is 0.0210. The molecule has 4 nitrogen and oxygen atoms in total. The van der Waals surface area contributed by atoms with E-state index in [2.05, 4.69) is 19.1 Å². The molecule has 0 aromatic heterocycles. The Balaban J connectivity index is 1.83. The summed E-state index contributed by atoms with van der Waals surface area (Å²) in [7, 11) is 1.79. The highest BCUT2D eigenvalue weighted by molar-refractivity contribution is 6.32. The van der Waals surface area contributed by atoms with Gasteiger partial charge in [0.25, 0.3) is 5.91 Å². The van der Waals surface area contributed by atoms with Crippen LogP contribution in [0.3, 0.4) is 0 Å². The third kappa shape index (κ3) is 4.41. The predicted molar refractivity (Wildman–Crippen MR) is 126 cm³/mol. The maximum absolute atomic E-state index is 13.4. The van der Waals surface area contributed by atoms with Gasteiger partial charge >= 0.3 is 0 Å². The maximum Gasteiger partial charge on any atom is 0.251 e. The molecule has 0 fully saturated rings. The number of nitrogens with zero attached hydrogens (tertiary/aromatic N) is 2. The molecule has 3 aromatic carbocycles. The van der Waals surface area contributed by atoms with E-state index >= 15 is 0 Å². The number of aliphatic imine (C=N–C) groups is 1. The summed E-state index contributed by atoms with van der Waals surface area (Å²) in [6.45, 7) is 2.10. The SMILES string of the molecule is CCc1cccc(CC2N=C(c3ccc(CO)cc3)c3cc(Cl)ccc3N(C)C2=O)c1. The van der Waals surface area contributed by atoms with Crippen LogP contribution >= 0.6 is 11.6 Å². The topological polar surface area (TPSA) is 52.9 Å². The molecular weight excluding hydrogens is 408 g/mol. The normalized spacial score (nSPS) is 16.0. The molecule has 0 radical (unpaired) electrons. The first-order valence-corrected chi connectivity index (χ1v) is 10.8. The number of hydrogen-bond acceptors (Lipinski definition) is 3. The number of anilines is 1. The molecule has 1 atom stereocenters. The Morgan fingerprint density at radius 3 is 2.45 bits per heavy atom. The average molecular weight is 433 g/mol. The van der Waals surface area contributed by atoms with Crippen LogP contribution < -0.4 is 4.90 Å². The van der Waals surface area contributed by atoms with Crippen LogP contribution in [-0.4, -0.2) is 29.8 Å². The lowest BCUT2D eigenvalue weighted by atomic mass is 9.99. The molecule has 1 N–H and O–H groups in total. The fraction of sp³-hybridized carbons (Fsp3) is 0.231. The number of carbonyl (C=O) groups is 1. The van der Waals surface area contributed by atoms with Crippen LogP contribution in [0.4, 0.5) is 5.69 Å². The Hall–Kier alpha value is -2.95. The van der Waals surface area contributed by atoms with Gasteiger partial charge in [-0.1, -0.05) is 67.1 Å². The van der Waals surface area contributed by atoms with Crippen LogP contribution in [0.5, 0.6) is 0 Å². The van der Waals surface area contributed by atoms with E-state index in [1.165, 1.54) is 5.56 Å². The van der Waals surface area contributed by atoms with Crippen molar-refractivity contribution in [3.8, 4) is 0 Å². The molecule has 5 heteroatoms. The van der Waals surface area contributed by atoms with Crippen molar-refractivity contribution in [1.82, 2.24) is 0 Å². The predicted octanol–water partition coefficient (Wildman–Crippen LogP) is 4.82. The van der Waals surface area contributed by atoms with Crippen LogP contribution in [0.25, 0.3) is 0 Å². The Labute approximate surface area is 187 Å². The smallest absolute Gasteiger partial charge is 0.251 e. The van der Waals surface area contributed by atoms with Crippen LogP contribution in [-0.2, 0) is 24.2 Å². The number of benzodiazepines with no additional fused rings is 1. The van der Waals surface area contributed by atoms with E-state index in [0.29, 0.717) is 11.4 Å². The average Bonchev–Trinajstić information content (AvgIpc) is 2.89. The van der Waals surface area contributed by atoms with Crippen molar-refractivity contribution >= 4 is 28.9 Å². The van der Waals surface area contributed by atoms with Crippen molar-refractivity contribution in [3.63, 3.8) is 0 Å². The van der Waals surface area contributed by atoms with Gasteiger partial charge in [-0.2, -0.15) is 0 Å². The molecule has 0 bridgehead atoms. The summed E-state index contributed by atoms with van der Waals surface area (Å²) in [4.78, 5) is 20.0. The summed E-state index contributed by atoms with van der Waals surface area (Å²) in [5.41, 5.74) is 6.38. The quantitative estimate of drug-likeness (QED) is 0.628. The van der Waals surface area contributed by atoms with Gasteiger partial charge in [-0.25, -0.2) is 0 Å². The first-order chi connectivity index (χ1) is 15.0. The van der Waals surface area contributed by atoms with Crippen molar-refractivity contribution in [2.45, 2.75) is 32.4 Å². The zero-order valence-corrected chi connectivity index (χ0v) is 18.4. The van der Waals surface area contributed by atoms with Crippen LogP contribution in [0.2, 0.25) is 5.02 Å². The van der Waals surface area contributed by atoms with Gasteiger partial charge in [0.2, 0.25) is 0 Å². The Morgan fingerprint density at radius 2 is 1.74 bits per heavy atom. The molecule has 0 spiro atoms. The number of benzene rings is 3. The zero-order valence-electron chi connectivity index (χ0n) is 17.7. The van der Waals surface area contributed by atoms with E-state index in [1.807, 2.05) is 48.5 Å². The summed E-state index contributed by atoms with van der Waals surface area (Å²) in [5, 5.41) is 9.99. The second-order valence-electron chi connectivity index (χ2n) is 7.78. The molecule has 3 aromatic rings. The van der Waals surface area contributed by atoms with E-state index in [-0.39, 0.29) is 12.5 Å². The van der Waals surface area contributed by atoms with Crippen LogP contribution in [0.15, 0.2) is 71.7 Å². The van der Waals surface area contributed by atoms with E-state index in [0.717, 1.165) is 40.1 Å². The number of rotatable bonds is 5. The van der Waals surface area contributed by atoms with E-state index in [4.69, 9.17) is 16.6 Å². The van der Waals surface area contributed by atoms with Gasteiger partial charge in [0, 0.05) is 29.6 Å². The number of amides is 1. The first kappa shape index (κ1) is 21.3. The van der Waals surface area contributed by atoms with E-state index < -0.39 is 6.04 Å². The van der Waals surface area contributed by atoms with Gasteiger partial charge in [-0.15, -0.1) is 0 Å². The highest BCUT2D eigenvalue weighted by Gasteiger charge is 2.30. The summed E-state index contributed by atoms with van der Waals surface area (Å²) in [5.74, 6) is -0.0487. The lowest BCUT2D eigenvalue weighted by Gasteiger charge is -2.20. The lowest BCUT2D eigenvalue weighted by molar-refractivity contribution is -0.119. The van der Waals surface area contributed by atoms with Gasteiger partial charge in [-0.3, -0.25) is 9.79 Å². The number of aliphatic hydroxyl groups excluding tert-OH is 1. The van der Waals surface area contributed by atoms with Gasteiger partial charge in [-0.05, 0) is 41.3 Å². The van der Waals surface area contributed by atoms with Crippen molar-refractivity contribution in [1.29, 1.82) is 0 Å². The second kappa shape index (κ2) is 9.04. The molecule has 158 valence electrons. The second-order valence-corrected chi connectivity index (χ2v) is 8.22. The molecule has 31 heavy (non-hydrogen) atoms. The van der Waals surface area contributed by atoms with Gasteiger partial charge in [0.05, 0.1) is 18.0 Å². The minimum Gasteiger partial charge on any atom is -0.392 e. The molecule has 1 aliphatic heterocycles. The number of hydrogen-bond donors (Lipinski definition) is 1. The van der Waals surface area contributed by atoms with E-state index in [1.54, 1.807) is 18.0 Å². The zero-order chi connectivity index (χ0) is 22.0. The molecule has 1 heterocycles. The highest BCUT2D eigenvalue weighted by atomic mass is 35.5. The molecule has 0 saturated carbocycles. The van der Waals surface area contributed by atoms with E-state index in [9.17, 15) is 9.90 Å². The number of likely N-dealkylation sites (N-methyl/N-ethyl adjacent to an activating group) is 1. The Bertz CT molecular complexity index is 1140. The third-order valence-corrected chi connectivity index (χ3v) is 5.95. The van der Waals surface area contributed by atoms with Crippen molar-refractivity contribution < 1.29 is 9.90 Å². The number of halogens is 1. The van der Waals surface area contributed by atoms with Gasteiger partial charge in [0.15, 0.2) is 0 Å². The Morgan fingerprint density at radius 1 is 1.00 bits per heavy atom. The first-order valence-electron chi connectivity index (χ1n) is 10.4.